The van der Waals surface area contributed by atoms with Gasteiger partial charge in [0, 0.05) is 12.1 Å². The van der Waals surface area contributed by atoms with Gasteiger partial charge < -0.3 is 20.5 Å². The van der Waals surface area contributed by atoms with Crippen molar-refractivity contribution in [3.05, 3.63) is 34.7 Å². The highest BCUT2D eigenvalue weighted by Gasteiger charge is 2.16. The van der Waals surface area contributed by atoms with E-state index in [2.05, 4.69) is 11.4 Å². The van der Waals surface area contributed by atoms with Gasteiger partial charge in [-0.15, -0.1) is 11.3 Å². The van der Waals surface area contributed by atoms with Gasteiger partial charge in [0.05, 0.1) is 14.2 Å². The molecule has 1 heterocycles. The molecule has 0 radical (unpaired) electrons. The number of ether oxygens (including phenoxy) is 2. The fraction of sp³-hybridized carbons (Fsp3) is 0.214. The summed E-state index contributed by atoms with van der Waals surface area (Å²) in [5, 5.41) is 13.0. The minimum Gasteiger partial charge on any atom is -0.496 e. The molecule has 0 amide bonds. The number of thiophene rings is 1. The molecule has 2 aromatic rings. The molecule has 1 aromatic carbocycles. The predicted octanol–water partition coefficient (Wildman–Crippen LogP) is 2.83. The summed E-state index contributed by atoms with van der Waals surface area (Å²) in [5.41, 5.74) is 7.24. The molecule has 0 aliphatic rings. The summed E-state index contributed by atoms with van der Waals surface area (Å²) < 4.78 is 10.5. The van der Waals surface area contributed by atoms with Crippen LogP contribution in [0.3, 0.4) is 0 Å². The largest absolute Gasteiger partial charge is 0.496 e. The van der Waals surface area contributed by atoms with Gasteiger partial charge in [-0.3, -0.25) is 0 Å². The van der Waals surface area contributed by atoms with Crippen LogP contribution in [0.2, 0.25) is 0 Å². The summed E-state index contributed by atoms with van der Waals surface area (Å²) in [6.07, 6.45) is 0. The van der Waals surface area contributed by atoms with Gasteiger partial charge in [-0.05, 0) is 6.07 Å². The SMILES string of the molecule is COc1ccccc1CNc1sc(C#N)c(N)c1OC. The zero-order valence-corrected chi connectivity index (χ0v) is 12.1. The van der Waals surface area contributed by atoms with E-state index in [1.54, 1.807) is 7.11 Å². The third-order valence-electron chi connectivity index (χ3n) is 2.84. The van der Waals surface area contributed by atoms with E-state index in [0.29, 0.717) is 22.9 Å². The average molecular weight is 289 g/mol. The van der Waals surface area contributed by atoms with Crippen molar-refractivity contribution in [3.63, 3.8) is 0 Å². The first kappa shape index (κ1) is 14.0. The van der Waals surface area contributed by atoms with Crippen molar-refractivity contribution >= 4 is 22.0 Å². The quantitative estimate of drug-likeness (QED) is 0.884. The molecule has 1 aromatic heterocycles. The number of rotatable bonds is 5. The Kier molecular flexibility index (Phi) is 4.33. The second-order valence-electron chi connectivity index (χ2n) is 3.98. The number of nitrogen functional groups attached to an aromatic ring is 1. The van der Waals surface area contributed by atoms with Crippen molar-refractivity contribution in [1.82, 2.24) is 0 Å². The molecule has 5 nitrogen and oxygen atoms in total. The highest BCUT2D eigenvalue weighted by atomic mass is 32.1. The highest BCUT2D eigenvalue weighted by Crippen LogP contribution is 2.42. The van der Waals surface area contributed by atoms with E-state index in [9.17, 15) is 0 Å². The fourth-order valence-electron chi connectivity index (χ4n) is 1.86. The fourth-order valence-corrected chi connectivity index (χ4v) is 2.74. The molecule has 0 saturated heterocycles. The standard InChI is InChI=1S/C14H15N3O2S/c1-18-10-6-4-3-5-9(10)8-17-14-13(19-2)12(16)11(7-15)20-14/h3-6,17H,8,16H2,1-2H3. The van der Waals surface area contributed by atoms with Crippen LogP contribution in [0.15, 0.2) is 24.3 Å². The number of nitriles is 1. The molecule has 2 rings (SSSR count). The monoisotopic (exact) mass is 289 g/mol. The van der Waals surface area contributed by atoms with Crippen LogP contribution in [0.25, 0.3) is 0 Å². The molecule has 104 valence electrons. The first-order valence-corrected chi connectivity index (χ1v) is 6.75. The van der Waals surface area contributed by atoms with Crippen LogP contribution >= 0.6 is 11.3 Å². The minimum absolute atomic E-state index is 0.377. The highest BCUT2D eigenvalue weighted by molar-refractivity contribution is 7.17. The molecule has 6 heteroatoms. The van der Waals surface area contributed by atoms with Gasteiger partial charge >= 0.3 is 0 Å². The minimum atomic E-state index is 0.377. The normalized spacial score (nSPS) is 9.85. The molecule has 0 atom stereocenters. The third kappa shape index (κ3) is 2.63. The predicted molar refractivity (Wildman–Crippen MR) is 80.3 cm³/mol. The van der Waals surface area contributed by atoms with Crippen LogP contribution in [0.5, 0.6) is 11.5 Å². The van der Waals surface area contributed by atoms with Crippen molar-refractivity contribution in [3.8, 4) is 17.6 Å². The zero-order chi connectivity index (χ0) is 14.5. The van der Waals surface area contributed by atoms with Crippen LogP contribution in [0, 0.1) is 11.3 Å². The summed E-state index contributed by atoms with van der Waals surface area (Å²) in [6, 6.07) is 9.79. The first-order chi connectivity index (χ1) is 9.71. The van der Waals surface area contributed by atoms with Gasteiger partial charge in [-0.1, -0.05) is 18.2 Å². The lowest BCUT2D eigenvalue weighted by molar-refractivity contribution is 0.410. The molecule has 0 saturated carbocycles. The number of nitrogens with one attached hydrogen (secondary N) is 1. The summed E-state index contributed by atoms with van der Waals surface area (Å²) >= 11 is 1.28. The molecule has 20 heavy (non-hydrogen) atoms. The van der Waals surface area contributed by atoms with E-state index < -0.39 is 0 Å². The Morgan fingerprint density at radius 2 is 2.05 bits per heavy atom. The number of para-hydroxylation sites is 1. The summed E-state index contributed by atoms with van der Waals surface area (Å²) in [5.74, 6) is 1.32. The molecular formula is C14H15N3O2S. The topological polar surface area (TPSA) is 80.3 Å². The zero-order valence-electron chi connectivity index (χ0n) is 11.3. The smallest absolute Gasteiger partial charge is 0.177 e. The lowest BCUT2D eigenvalue weighted by Gasteiger charge is -2.10. The Labute approximate surface area is 121 Å². The lowest BCUT2D eigenvalue weighted by Crippen LogP contribution is -2.01. The van der Waals surface area contributed by atoms with E-state index in [1.807, 2.05) is 24.3 Å². The van der Waals surface area contributed by atoms with E-state index in [-0.39, 0.29) is 0 Å². The maximum absolute atomic E-state index is 9.00. The van der Waals surface area contributed by atoms with E-state index in [0.717, 1.165) is 16.3 Å². The third-order valence-corrected chi connectivity index (χ3v) is 3.89. The number of benzene rings is 1. The Bertz CT molecular complexity index is 646. The molecule has 0 aliphatic heterocycles. The van der Waals surface area contributed by atoms with Gasteiger partial charge in [-0.25, -0.2) is 0 Å². The van der Waals surface area contributed by atoms with Gasteiger partial charge in [0.25, 0.3) is 0 Å². The summed E-state index contributed by atoms with van der Waals surface area (Å²) in [7, 11) is 3.17. The van der Waals surface area contributed by atoms with Crippen LogP contribution < -0.4 is 20.5 Å². The van der Waals surface area contributed by atoms with Gasteiger partial charge in [-0.2, -0.15) is 5.26 Å². The summed E-state index contributed by atoms with van der Waals surface area (Å²) in [4.78, 5) is 0.448. The average Bonchev–Trinajstić information content (AvgIpc) is 2.80. The van der Waals surface area contributed by atoms with Crippen molar-refractivity contribution in [2.75, 3.05) is 25.3 Å². The molecular weight excluding hydrogens is 274 g/mol. The number of nitrogens with two attached hydrogens (primary N) is 1. The van der Waals surface area contributed by atoms with E-state index in [1.165, 1.54) is 18.4 Å². The van der Waals surface area contributed by atoms with Gasteiger partial charge in [0.2, 0.25) is 0 Å². The van der Waals surface area contributed by atoms with Gasteiger partial charge in [0.15, 0.2) is 5.75 Å². The maximum Gasteiger partial charge on any atom is 0.177 e. The number of nitrogens with zero attached hydrogens (tertiary/aromatic N) is 1. The van der Waals surface area contributed by atoms with Crippen molar-refractivity contribution in [2.45, 2.75) is 6.54 Å². The molecule has 0 spiro atoms. The van der Waals surface area contributed by atoms with Crippen molar-refractivity contribution in [2.24, 2.45) is 0 Å². The van der Waals surface area contributed by atoms with Crippen LogP contribution in [0.4, 0.5) is 10.7 Å². The van der Waals surface area contributed by atoms with Gasteiger partial charge in [0.1, 0.15) is 27.4 Å². The number of hydrogen-bond donors (Lipinski definition) is 2. The van der Waals surface area contributed by atoms with E-state index in [4.69, 9.17) is 20.5 Å². The van der Waals surface area contributed by atoms with Crippen LogP contribution in [-0.2, 0) is 6.54 Å². The molecule has 0 bridgehead atoms. The summed E-state index contributed by atoms with van der Waals surface area (Å²) in [6.45, 7) is 0.561. The molecule has 0 aliphatic carbocycles. The molecule has 0 fully saturated rings. The van der Waals surface area contributed by atoms with Crippen molar-refractivity contribution < 1.29 is 9.47 Å². The van der Waals surface area contributed by atoms with Crippen molar-refractivity contribution in [1.29, 1.82) is 5.26 Å². The number of methoxy groups -OCH3 is 2. The molecule has 0 unspecified atom stereocenters. The van der Waals surface area contributed by atoms with E-state index >= 15 is 0 Å². The Hall–Kier alpha value is -2.39. The Morgan fingerprint density at radius 3 is 2.70 bits per heavy atom. The first-order valence-electron chi connectivity index (χ1n) is 5.93. The molecule has 3 N–H and O–H groups in total. The Balaban J connectivity index is 2.21. The number of anilines is 2. The number of hydrogen-bond acceptors (Lipinski definition) is 6. The Morgan fingerprint density at radius 1 is 1.30 bits per heavy atom. The lowest BCUT2D eigenvalue weighted by atomic mass is 10.2. The second-order valence-corrected chi connectivity index (χ2v) is 5.01. The second kappa shape index (κ2) is 6.17. The van der Waals surface area contributed by atoms with Crippen LogP contribution in [-0.4, -0.2) is 14.2 Å². The van der Waals surface area contributed by atoms with Crippen LogP contribution in [0.1, 0.15) is 10.4 Å². The maximum atomic E-state index is 9.00.